The van der Waals surface area contributed by atoms with E-state index in [0.29, 0.717) is 5.54 Å². The Labute approximate surface area is 119 Å². The van der Waals surface area contributed by atoms with E-state index >= 15 is 0 Å². The molecule has 4 heteroatoms. The molecule has 4 bridgehead atoms. The fourth-order valence-electron chi connectivity index (χ4n) is 5.14. The van der Waals surface area contributed by atoms with Gasteiger partial charge in [-0.3, -0.25) is 0 Å². The quantitative estimate of drug-likeness (QED) is 0.744. The highest BCUT2D eigenvalue weighted by atomic mass is 32.2. The van der Waals surface area contributed by atoms with Crippen LogP contribution in [0.2, 0.25) is 0 Å². The lowest BCUT2D eigenvalue weighted by molar-refractivity contribution is -0.0109. The summed E-state index contributed by atoms with van der Waals surface area (Å²) in [5.41, 5.74) is 0.388. The van der Waals surface area contributed by atoms with Crippen molar-refractivity contribution >= 4 is 29.1 Å². The second-order valence-electron chi connectivity index (χ2n) is 6.93. The van der Waals surface area contributed by atoms with E-state index in [-0.39, 0.29) is 0 Å². The largest absolute Gasteiger partial charge is 0.357 e. The molecular weight excluding hydrogens is 260 g/mol. The van der Waals surface area contributed by atoms with Crippen LogP contribution >= 0.6 is 24.0 Å². The summed E-state index contributed by atoms with van der Waals surface area (Å²) in [5.74, 6) is 5.33. The van der Waals surface area contributed by atoms with Gasteiger partial charge in [0.2, 0.25) is 0 Å². The monoisotopic (exact) mass is 282 g/mol. The highest BCUT2D eigenvalue weighted by Gasteiger charge is 2.51. The lowest BCUT2D eigenvalue weighted by atomic mass is 9.53. The Hall–Kier alpha value is 0.0400. The van der Waals surface area contributed by atoms with Crippen LogP contribution in [0, 0.1) is 17.8 Å². The van der Waals surface area contributed by atoms with Gasteiger partial charge in [0.1, 0.15) is 0 Å². The first kappa shape index (κ1) is 11.8. The maximum Gasteiger partial charge on any atom is 0.170 e. The topological polar surface area (TPSA) is 15.3 Å². The molecule has 1 heterocycles. The van der Waals surface area contributed by atoms with Gasteiger partial charge < -0.3 is 10.2 Å². The van der Waals surface area contributed by atoms with Crippen molar-refractivity contribution in [1.82, 2.24) is 10.2 Å². The average Bonchev–Trinajstić information content (AvgIpc) is 2.79. The minimum absolute atomic E-state index is 0.388. The molecule has 1 saturated heterocycles. The van der Waals surface area contributed by atoms with Crippen LogP contribution in [0.1, 0.15) is 38.5 Å². The summed E-state index contributed by atoms with van der Waals surface area (Å²) in [7, 11) is 0. The van der Waals surface area contributed by atoms with E-state index in [1.807, 2.05) is 11.8 Å². The first-order valence-corrected chi connectivity index (χ1v) is 8.94. The Morgan fingerprint density at radius 1 is 1.11 bits per heavy atom. The third-order valence-electron chi connectivity index (χ3n) is 5.45. The predicted octanol–water partition coefficient (Wildman–Crippen LogP) is 2.84. The van der Waals surface area contributed by atoms with Crippen LogP contribution < -0.4 is 5.32 Å². The fraction of sp³-hybridized carbons (Fsp3) is 0.929. The van der Waals surface area contributed by atoms with Gasteiger partial charge in [-0.25, -0.2) is 0 Å². The molecule has 1 aliphatic heterocycles. The van der Waals surface area contributed by atoms with Crippen molar-refractivity contribution in [3.05, 3.63) is 0 Å². The van der Waals surface area contributed by atoms with Crippen LogP contribution in [-0.2, 0) is 0 Å². The van der Waals surface area contributed by atoms with Crippen molar-refractivity contribution in [2.24, 2.45) is 17.8 Å². The number of thiocarbonyl (C=S) groups is 1. The summed E-state index contributed by atoms with van der Waals surface area (Å²) in [6.07, 6.45) is 8.69. The maximum atomic E-state index is 5.65. The molecule has 0 aromatic rings. The van der Waals surface area contributed by atoms with Crippen LogP contribution in [0.3, 0.4) is 0 Å². The third kappa shape index (κ3) is 1.96. The van der Waals surface area contributed by atoms with Gasteiger partial charge in [0.05, 0.1) is 5.88 Å². The molecule has 5 fully saturated rings. The van der Waals surface area contributed by atoms with Gasteiger partial charge >= 0.3 is 0 Å². The molecule has 0 unspecified atom stereocenters. The van der Waals surface area contributed by atoms with Crippen LogP contribution in [0.4, 0.5) is 0 Å². The van der Waals surface area contributed by atoms with Crippen molar-refractivity contribution in [3.8, 4) is 0 Å². The standard InChI is InChI=1S/C14H22N2S2/c17-13(16-1-2-18-9-16)15-14-6-10-3-11(7-14)5-12(4-10)8-14/h10-12H,1-9H2,(H,15,17). The van der Waals surface area contributed by atoms with Gasteiger partial charge in [-0.1, -0.05) is 0 Å². The molecule has 0 aromatic heterocycles. The highest BCUT2D eigenvalue weighted by molar-refractivity contribution is 7.99. The molecule has 5 rings (SSSR count). The molecule has 5 aliphatic rings. The van der Waals surface area contributed by atoms with Crippen LogP contribution in [0.15, 0.2) is 0 Å². The summed E-state index contributed by atoms with van der Waals surface area (Å²) >= 11 is 7.65. The molecule has 2 nitrogen and oxygen atoms in total. The minimum atomic E-state index is 0.388. The molecular formula is C14H22N2S2. The van der Waals surface area contributed by atoms with Crippen molar-refractivity contribution in [1.29, 1.82) is 0 Å². The van der Waals surface area contributed by atoms with Gasteiger partial charge in [0.15, 0.2) is 5.11 Å². The van der Waals surface area contributed by atoms with Crippen LogP contribution in [0.25, 0.3) is 0 Å². The Balaban J connectivity index is 1.48. The number of rotatable bonds is 1. The zero-order valence-corrected chi connectivity index (χ0v) is 12.5. The van der Waals surface area contributed by atoms with Crippen molar-refractivity contribution in [2.45, 2.75) is 44.1 Å². The molecule has 0 spiro atoms. The molecule has 18 heavy (non-hydrogen) atoms. The zero-order chi connectivity index (χ0) is 12.2. The smallest absolute Gasteiger partial charge is 0.170 e. The Morgan fingerprint density at radius 2 is 1.72 bits per heavy atom. The number of hydrogen-bond donors (Lipinski definition) is 1. The van der Waals surface area contributed by atoms with Gasteiger partial charge in [0, 0.05) is 17.8 Å². The second kappa shape index (κ2) is 4.27. The van der Waals surface area contributed by atoms with E-state index in [9.17, 15) is 0 Å². The minimum Gasteiger partial charge on any atom is -0.357 e. The summed E-state index contributed by atoms with van der Waals surface area (Å²) in [6, 6.07) is 0. The van der Waals surface area contributed by atoms with E-state index in [1.165, 1.54) is 44.3 Å². The fourth-order valence-corrected chi connectivity index (χ4v) is 6.56. The van der Waals surface area contributed by atoms with Crippen LogP contribution in [0.5, 0.6) is 0 Å². The summed E-state index contributed by atoms with van der Waals surface area (Å²) in [6.45, 7) is 1.14. The molecule has 0 amide bonds. The van der Waals surface area contributed by atoms with E-state index in [0.717, 1.165) is 35.3 Å². The van der Waals surface area contributed by atoms with Gasteiger partial charge in [-0.15, -0.1) is 11.8 Å². The Kier molecular flexibility index (Phi) is 2.81. The van der Waals surface area contributed by atoms with E-state index < -0.39 is 0 Å². The second-order valence-corrected chi connectivity index (χ2v) is 8.39. The third-order valence-corrected chi connectivity index (χ3v) is 6.78. The molecule has 0 radical (unpaired) electrons. The van der Waals surface area contributed by atoms with Crippen molar-refractivity contribution in [3.63, 3.8) is 0 Å². The number of hydrogen-bond acceptors (Lipinski definition) is 2. The summed E-state index contributed by atoms with van der Waals surface area (Å²) in [5, 5.41) is 4.85. The molecule has 0 atom stereocenters. The Bertz CT molecular complexity index is 328. The molecule has 0 aromatic carbocycles. The lowest BCUT2D eigenvalue weighted by Gasteiger charge is -2.57. The van der Waals surface area contributed by atoms with Crippen molar-refractivity contribution < 1.29 is 0 Å². The van der Waals surface area contributed by atoms with E-state index in [1.54, 1.807) is 0 Å². The van der Waals surface area contributed by atoms with Gasteiger partial charge in [-0.05, 0) is 68.5 Å². The molecule has 100 valence electrons. The predicted molar refractivity (Wildman–Crippen MR) is 80.7 cm³/mol. The molecule has 4 aliphatic carbocycles. The van der Waals surface area contributed by atoms with Gasteiger partial charge in [-0.2, -0.15) is 0 Å². The average molecular weight is 282 g/mol. The lowest BCUT2D eigenvalue weighted by Crippen LogP contribution is -2.61. The molecule has 1 N–H and O–H groups in total. The van der Waals surface area contributed by atoms with E-state index in [4.69, 9.17) is 12.2 Å². The number of thioether (sulfide) groups is 1. The highest BCUT2D eigenvalue weighted by Crippen LogP contribution is 2.55. The maximum absolute atomic E-state index is 5.65. The summed E-state index contributed by atoms with van der Waals surface area (Å²) < 4.78 is 0. The normalized spacial score (nSPS) is 45.6. The number of nitrogens with zero attached hydrogens (tertiary/aromatic N) is 1. The molecule has 4 saturated carbocycles. The summed E-state index contributed by atoms with van der Waals surface area (Å²) in [4.78, 5) is 2.36. The van der Waals surface area contributed by atoms with Gasteiger partial charge in [0.25, 0.3) is 0 Å². The van der Waals surface area contributed by atoms with Crippen molar-refractivity contribution in [2.75, 3.05) is 18.2 Å². The number of nitrogens with one attached hydrogen (secondary N) is 1. The SMILES string of the molecule is S=C(NC12CC3CC(CC(C3)C1)C2)N1CCSC1. The van der Waals surface area contributed by atoms with E-state index in [2.05, 4.69) is 10.2 Å². The first-order valence-electron chi connectivity index (χ1n) is 7.37. The first-order chi connectivity index (χ1) is 8.72. The Morgan fingerprint density at radius 3 is 2.22 bits per heavy atom. The van der Waals surface area contributed by atoms with Crippen LogP contribution in [-0.4, -0.2) is 33.7 Å². The zero-order valence-electron chi connectivity index (χ0n) is 10.9.